The van der Waals surface area contributed by atoms with Crippen molar-refractivity contribution in [2.45, 2.75) is 32.9 Å². The second-order valence-electron chi connectivity index (χ2n) is 6.22. The summed E-state index contributed by atoms with van der Waals surface area (Å²) in [7, 11) is 0. The molecule has 2 aromatic carbocycles. The molecule has 144 valence electrons. The molecule has 0 heterocycles. The van der Waals surface area contributed by atoms with Crippen LogP contribution in [-0.2, 0) is 16.1 Å². The molecule has 5 nitrogen and oxygen atoms in total. The smallest absolute Gasteiger partial charge is 0.261 e. The van der Waals surface area contributed by atoms with Crippen molar-refractivity contribution < 1.29 is 18.7 Å². The van der Waals surface area contributed by atoms with Gasteiger partial charge >= 0.3 is 0 Å². The number of carbonyl (C=O) groups is 2. The number of nitrogens with one attached hydrogen (secondary N) is 1. The van der Waals surface area contributed by atoms with Crippen LogP contribution in [0.1, 0.15) is 25.8 Å². The lowest BCUT2D eigenvalue weighted by Crippen LogP contribution is -2.49. The summed E-state index contributed by atoms with van der Waals surface area (Å²) in [5.41, 5.74) is 0.736. The SMILES string of the molecule is CCCNC(=O)[C@H](C)N(Cc1ccc(F)cc1)C(=O)COc1ccccc1. The van der Waals surface area contributed by atoms with Gasteiger partial charge in [0.2, 0.25) is 5.91 Å². The van der Waals surface area contributed by atoms with E-state index in [0.29, 0.717) is 12.3 Å². The zero-order valence-corrected chi connectivity index (χ0v) is 15.7. The van der Waals surface area contributed by atoms with E-state index < -0.39 is 6.04 Å². The highest BCUT2D eigenvalue weighted by Gasteiger charge is 2.26. The van der Waals surface area contributed by atoms with Crippen LogP contribution in [0.25, 0.3) is 0 Å². The van der Waals surface area contributed by atoms with Gasteiger partial charge in [0.25, 0.3) is 5.91 Å². The van der Waals surface area contributed by atoms with Crippen molar-refractivity contribution >= 4 is 11.8 Å². The van der Waals surface area contributed by atoms with Crippen molar-refractivity contribution in [1.29, 1.82) is 0 Å². The largest absolute Gasteiger partial charge is 0.484 e. The number of halogens is 1. The van der Waals surface area contributed by atoms with Gasteiger partial charge in [-0.25, -0.2) is 4.39 Å². The number of para-hydroxylation sites is 1. The fourth-order valence-electron chi connectivity index (χ4n) is 2.51. The standard InChI is InChI=1S/C21H25FN2O3/c1-3-13-23-21(26)16(2)24(14-17-9-11-18(22)12-10-17)20(25)15-27-19-7-5-4-6-8-19/h4-12,16H,3,13-15H2,1-2H3,(H,23,26)/t16-/m0/s1. The molecule has 0 saturated carbocycles. The monoisotopic (exact) mass is 372 g/mol. The molecule has 0 bridgehead atoms. The number of rotatable bonds is 9. The van der Waals surface area contributed by atoms with E-state index >= 15 is 0 Å². The summed E-state index contributed by atoms with van der Waals surface area (Å²) in [5, 5.41) is 2.80. The molecule has 0 aliphatic rings. The van der Waals surface area contributed by atoms with Crippen LogP contribution in [0.2, 0.25) is 0 Å². The molecule has 2 rings (SSSR count). The minimum Gasteiger partial charge on any atom is -0.484 e. The van der Waals surface area contributed by atoms with E-state index in [4.69, 9.17) is 4.74 Å². The van der Waals surface area contributed by atoms with Crippen LogP contribution in [0.15, 0.2) is 54.6 Å². The van der Waals surface area contributed by atoms with Crippen molar-refractivity contribution in [3.8, 4) is 5.75 Å². The topological polar surface area (TPSA) is 58.6 Å². The summed E-state index contributed by atoms with van der Waals surface area (Å²) in [6, 6.07) is 14.2. The fraction of sp³-hybridized carbons (Fsp3) is 0.333. The van der Waals surface area contributed by atoms with Gasteiger partial charge in [-0.3, -0.25) is 9.59 Å². The van der Waals surface area contributed by atoms with Crippen molar-refractivity contribution in [2.75, 3.05) is 13.2 Å². The number of hydrogen-bond acceptors (Lipinski definition) is 3. The lowest BCUT2D eigenvalue weighted by molar-refractivity contribution is -0.142. The molecule has 1 N–H and O–H groups in total. The van der Waals surface area contributed by atoms with E-state index in [1.807, 2.05) is 25.1 Å². The van der Waals surface area contributed by atoms with Gasteiger partial charge in [-0.15, -0.1) is 0 Å². The van der Waals surface area contributed by atoms with Gasteiger partial charge < -0.3 is 15.0 Å². The van der Waals surface area contributed by atoms with Gasteiger partial charge in [-0.1, -0.05) is 37.3 Å². The Labute approximate surface area is 159 Å². The third-order valence-electron chi connectivity index (χ3n) is 4.09. The number of carbonyl (C=O) groups excluding carboxylic acids is 2. The average molecular weight is 372 g/mol. The molecule has 27 heavy (non-hydrogen) atoms. The van der Waals surface area contributed by atoms with Crippen molar-refractivity contribution in [3.63, 3.8) is 0 Å². The highest BCUT2D eigenvalue weighted by molar-refractivity contribution is 5.87. The van der Waals surface area contributed by atoms with Gasteiger partial charge in [0.1, 0.15) is 17.6 Å². The van der Waals surface area contributed by atoms with E-state index in [0.717, 1.165) is 12.0 Å². The van der Waals surface area contributed by atoms with Gasteiger partial charge in [-0.2, -0.15) is 0 Å². The lowest BCUT2D eigenvalue weighted by atomic mass is 10.1. The first kappa shape index (κ1) is 20.4. The molecule has 0 fully saturated rings. The zero-order chi connectivity index (χ0) is 19.6. The molecule has 2 amide bonds. The molecule has 1 atom stereocenters. The Morgan fingerprint density at radius 2 is 1.78 bits per heavy atom. The summed E-state index contributed by atoms with van der Waals surface area (Å²) in [6.45, 7) is 4.19. The summed E-state index contributed by atoms with van der Waals surface area (Å²) >= 11 is 0. The summed E-state index contributed by atoms with van der Waals surface area (Å²) in [6.07, 6.45) is 0.807. The molecule has 0 spiro atoms. The van der Waals surface area contributed by atoms with Crippen LogP contribution in [-0.4, -0.2) is 35.9 Å². The average Bonchev–Trinajstić information content (AvgIpc) is 2.70. The fourth-order valence-corrected chi connectivity index (χ4v) is 2.51. The first-order chi connectivity index (χ1) is 13.0. The Balaban J connectivity index is 2.10. The highest BCUT2D eigenvalue weighted by atomic mass is 19.1. The van der Waals surface area contributed by atoms with E-state index in [1.165, 1.54) is 17.0 Å². The second-order valence-corrected chi connectivity index (χ2v) is 6.22. The molecule has 2 aromatic rings. The zero-order valence-electron chi connectivity index (χ0n) is 15.7. The van der Waals surface area contributed by atoms with Gasteiger partial charge in [0.15, 0.2) is 6.61 Å². The maximum Gasteiger partial charge on any atom is 0.261 e. The van der Waals surface area contributed by atoms with Crippen LogP contribution >= 0.6 is 0 Å². The van der Waals surface area contributed by atoms with Crippen molar-refractivity contribution in [2.24, 2.45) is 0 Å². The molecule has 0 aromatic heterocycles. The van der Waals surface area contributed by atoms with Crippen LogP contribution in [0.3, 0.4) is 0 Å². The molecular weight excluding hydrogens is 347 g/mol. The number of ether oxygens (including phenoxy) is 1. The number of hydrogen-bond donors (Lipinski definition) is 1. The molecular formula is C21H25FN2O3. The van der Waals surface area contributed by atoms with Crippen molar-refractivity contribution in [3.05, 3.63) is 66.0 Å². The molecule has 0 aliphatic carbocycles. The van der Waals surface area contributed by atoms with Gasteiger partial charge in [-0.05, 0) is 43.2 Å². The van der Waals surface area contributed by atoms with Gasteiger partial charge in [0.05, 0.1) is 0 Å². The van der Waals surface area contributed by atoms with E-state index in [-0.39, 0.29) is 30.8 Å². The Kier molecular flexibility index (Phi) is 7.79. The van der Waals surface area contributed by atoms with Crippen LogP contribution in [0.5, 0.6) is 5.75 Å². The van der Waals surface area contributed by atoms with E-state index in [2.05, 4.69) is 5.32 Å². The number of nitrogens with zero attached hydrogens (tertiary/aromatic N) is 1. The third-order valence-corrected chi connectivity index (χ3v) is 4.09. The van der Waals surface area contributed by atoms with Crippen LogP contribution in [0, 0.1) is 5.82 Å². The molecule has 6 heteroatoms. The van der Waals surface area contributed by atoms with Crippen LogP contribution < -0.4 is 10.1 Å². The lowest BCUT2D eigenvalue weighted by Gasteiger charge is -2.28. The summed E-state index contributed by atoms with van der Waals surface area (Å²) in [4.78, 5) is 26.6. The Morgan fingerprint density at radius 3 is 2.41 bits per heavy atom. The third kappa shape index (κ3) is 6.40. The van der Waals surface area contributed by atoms with E-state index in [9.17, 15) is 14.0 Å². The molecule has 0 unspecified atom stereocenters. The minimum absolute atomic E-state index is 0.184. The van der Waals surface area contributed by atoms with Crippen molar-refractivity contribution in [1.82, 2.24) is 10.2 Å². The molecule has 0 aliphatic heterocycles. The minimum atomic E-state index is -0.673. The van der Waals surface area contributed by atoms with E-state index in [1.54, 1.807) is 31.2 Å². The maximum absolute atomic E-state index is 13.2. The number of amides is 2. The normalized spacial score (nSPS) is 11.5. The predicted octanol–water partition coefficient (Wildman–Crippen LogP) is 3.15. The second kappa shape index (κ2) is 10.3. The Hall–Kier alpha value is -2.89. The maximum atomic E-state index is 13.2. The highest BCUT2D eigenvalue weighted by Crippen LogP contribution is 2.13. The first-order valence-corrected chi connectivity index (χ1v) is 9.00. The first-order valence-electron chi connectivity index (χ1n) is 9.00. The predicted molar refractivity (Wildman–Crippen MR) is 102 cm³/mol. The molecule has 0 radical (unpaired) electrons. The summed E-state index contributed by atoms with van der Waals surface area (Å²) < 4.78 is 18.7. The molecule has 0 saturated heterocycles. The number of benzene rings is 2. The Morgan fingerprint density at radius 1 is 1.11 bits per heavy atom. The van der Waals surface area contributed by atoms with Crippen LogP contribution in [0.4, 0.5) is 4.39 Å². The van der Waals surface area contributed by atoms with Gasteiger partial charge in [0, 0.05) is 13.1 Å². The summed E-state index contributed by atoms with van der Waals surface area (Å²) in [5.74, 6) is -0.317. The quantitative estimate of drug-likeness (QED) is 0.736. The Bertz CT molecular complexity index is 735.